The predicted octanol–water partition coefficient (Wildman–Crippen LogP) is 4.76. The Morgan fingerprint density at radius 2 is 1.68 bits per heavy atom. The zero-order valence-corrected chi connectivity index (χ0v) is 14.2. The molecule has 0 unspecified atom stereocenters. The van der Waals surface area contributed by atoms with Gasteiger partial charge in [0.25, 0.3) is 5.91 Å². The van der Waals surface area contributed by atoms with Gasteiger partial charge >= 0.3 is 0 Å². The van der Waals surface area contributed by atoms with Crippen LogP contribution in [0, 0.1) is 20.8 Å². The highest BCUT2D eigenvalue weighted by Gasteiger charge is 2.13. The summed E-state index contributed by atoms with van der Waals surface area (Å²) in [6.07, 6.45) is 0.970. The van der Waals surface area contributed by atoms with E-state index in [9.17, 15) is 4.79 Å². The van der Waals surface area contributed by atoms with E-state index in [-0.39, 0.29) is 5.91 Å². The molecule has 0 atom stereocenters. The molecule has 0 fully saturated rings. The molecule has 22 heavy (non-hydrogen) atoms. The number of aryl methyl sites for hydroxylation is 3. The van der Waals surface area contributed by atoms with Crippen LogP contribution in [0.4, 0.5) is 0 Å². The first-order valence-corrected chi connectivity index (χ1v) is 7.87. The fraction of sp³-hybridized carbons (Fsp3) is 0.350. The van der Waals surface area contributed by atoms with E-state index in [0.717, 1.165) is 24.1 Å². The monoisotopic (exact) mass is 295 g/mol. The fourth-order valence-corrected chi connectivity index (χ4v) is 3.10. The SMILES string of the molecule is CCCN(C)C(=O)c1cccc(-c2c(C)cc(C)cc2C)c1. The van der Waals surface area contributed by atoms with Crippen LogP contribution in [0.3, 0.4) is 0 Å². The number of rotatable bonds is 4. The molecule has 0 aliphatic carbocycles. The molecule has 2 aromatic rings. The lowest BCUT2D eigenvalue weighted by molar-refractivity contribution is 0.0795. The highest BCUT2D eigenvalue weighted by molar-refractivity contribution is 5.95. The average molecular weight is 295 g/mol. The summed E-state index contributed by atoms with van der Waals surface area (Å²) in [5, 5.41) is 0. The topological polar surface area (TPSA) is 20.3 Å². The van der Waals surface area contributed by atoms with Crippen molar-refractivity contribution in [1.82, 2.24) is 4.90 Å². The number of benzene rings is 2. The third-order valence-electron chi connectivity index (χ3n) is 3.98. The van der Waals surface area contributed by atoms with Crippen LogP contribution < -0.4 is 0 Å². The van der Waals surface area contributed by atoms with Gasteiger partial charge in [-0.25, -0.2) is 0 Å². The van der Waals surface area contributed by atoms with Crippen LogP contribution in [0.5, 0.6) is 0 Å². The molecular weight excluding hydrogens is 270 g/mol. The third kappa shape index (κ3) is 3.38. The summed E-state index contributed by atoms with van der Waals surface area (Å²) in [7, 11) is 1.86. The molecule has 0 bridgehead atoms. The van der Waals surface area contributed by atoms with Gasteiger partial charge in [0.05, 0.1) is 0 Å². The van der Waals surface area contributed by atoms with Crippen molar-refractivity contribution >= 4 is 5.91 Å². The third-order valence-corrected chi connectivity index (χ3v) is 3.98. The van der Waals surface area contributed by atoms with Crippen LogP contribution in [-0.2, 0) is 0 Å². The lowest BCUT2D eigenvalue weighted by Gasteiger charge is -2.17. The summed E-state index contributed by atoms with van der Waals surface area (Å²) in [5.41, 5.74) is 6.89. The summed E-state index contributed by atoms with van der Waals surface area (Å²) < 4.78 is 0. The van der Waals surface area contributed by atoms with Crippen molar-refractivity contribution in [2.45, 2.75) is 34.1 Å². The predicted molar refractivity (Wildman–Crippen MR) is 93.3 cm³/mol. The molecule has 2 rings (SSSR count). The Hall–Kier alpha value is -2.09. The van der Waals surface area contributed by atoms with Gasteiger partial charge in [-0.3, -0.25) is 4.79 Å². The first-order chi connectivity index (χ1) is 10.4. The molecule has 0 aliphatic heterocycles. The fourth-order valence-electron chi connectivity index (χ4n) is 3.10. The Labute approximate surface area is 133 Å². The van der Waals surface area contributed by atoms with E-state index >= 15 is 0 Å². The Morgan fingerprint density at radius 3 is 2.27 bits per heavy atom. The number of amides is 1. The zero-order valence-electron chi connectivity index (χ0n) is 14.2. The van der Waals surface area contributed by atoms with E-state index in [2.05, 4.69) is 45.9 Å². The molecule has 0 spiro atoms. The van der Waals surface area contributed by atoms with Crippen molar-refractivity contribution in [3.63, 3.8) is 0 Å². The Balaban J connectivity index is 2.43. The molecule has 0 aliphatic rings. The van der Waals surface area contributed by atoms with Crippen molar-refractivity contribution < 1.29 is 4.79 Å². The first-order valence-electron chi connectivity index (χ1n) is 7.87. The smallest absolute Gasteiger partial charge is 0.253 e. The molecule has 0 aromatic heterocycles. The average Bonchev–Trinajstić information content (AvgIpc) is 2.46. The van der Waals surface area contributed by atoms with Crippen LogP contribution in [0.1, 0.15) is 40.4 Å². The van der Waals surface area contributed by atoms with E-state index < -0.39 is 0 Å². The van der Waals surface area contributed by atoms with Gasteiger partial charge in [0, 0.05) is 19.2 Å². The molecule has 2 heteroatoms. The minimum absolute atomic E-state index is 0.0890. The van der Waals surface area contributed by atoms with Gasteiger partial charge in [-0.2, -0.15) is 0 Å². The van der Waals surface area contributed by atoms with Crippen molar-refractivity contribution in [2.24, 2.45) is 0 Å². The van der Waals surface area contributed by atoms with E-state index in [4.69, 9.17) is 0 Å². The number of carbonyl (C=O) groups excluding carboxylic acids is 1. The van der Waals surface area contributed by atoms with Crippen LogP contribution in [0.2, 0.25) is 0 Å². The van der Waals surface area contributed by atoms with Crippen LogP contribution in [-0.4, -0.2) is 24.4 Å². The summed E-state index contributed by atoms with van der Waals surface area (Å²) in [6, 6.07) is 12.4. The molecule has 0 N–H and O–H groups in total. The number of hydrogen-bond acceptors (Lipinski definition) is 1. The maximum absolute atomic E-state index is 12.5. The van der Waals surface area contributed by atoms with Crippen LogP contribution in [0.25, 0.3) is 11.1 Å². The van der Waals surface area contributed by atoms with E-state index in [0.29, 0.717) is 0 Å². The minimum atomic E-state index is 0.0890. The van der Waals surface area contributed by atoms with Crippen molar-refractivity contribution in [2.75, 3.05) is 13.6 Å². The number of nitrogens with zero attached hydrogens (tertiary/aromatic N) is 1. The van der Waals surface area contributed by atoms with Gasteiger partial charge < -0.3 is 4.90 Å². The second-order valence-corrected chi connectivity index (χ2v) is 6.08. The molecule has 116 valence electrons. The summed E-state index contributed by atoms with van der Waals surface area (Å²) in [5.74, 6) is 0.0890. The summed E-state index contributed by atoms with van der Waals surface area (Å²) >= 11 is 0. The number of carbonyl (C=O) groups is 1. The van der Waals surface area contributed by atoms with Crippen molar-refractivity contribution in [1.29, 1.82) is 0 Å². The van der Waals surface area contributed by atoms with E-state index in [1.165, 1.54) is 22.3 Å². The molecular formula is C20H25NO. The second kappa shape index (κ2) is 6.78. The van der Waals surface area contributed by atoms with Gasteiger partial charge in [-0.05, 0) is 61.6 Å². The van der Waals surface area contributed by atoms with Gasteiger partial charge in [0.2, 0.25) is 0 Å². The largest absolute Gasteiger partial charge is 0.342 e. The lowest BCUT2D eigenvalue weighted by Crippen LogP contribution is -2.27. The van der Waals surface area contributed by atoms with E-state index in [1.54, 1.807) is 4.90 Å². The van der Waals surface area contributed by atoms with Gasteiger partial charge in [0.15, 0.2) is 0 Å². The Morgan fingerprint density at radius 1 is 1.05 bits per heavy atom. The second-order valence-electron chi connectivity index (χ2n) is 6.08. The molecule has 0 saturated heterocycles. The number of hydrogen-bond donors (Lipinski definition) is 0. The molecule has 2 aromatic carbocycles. The molecule has 2 nitrogen and oxygen atoms in total. The maximum Gasteiger partial charge on any atom is 0.253 e. The Kier molecular flexibility index (Phi) is 5.02. The van der Waals surface area contributed by atoms with E-state index in [1.807, 2.05) is 25.2 Å². The maximum atomic E-state index is 12.5. The first kappa shape index (κ1) is 16.3. The molecule has 1 amide bonds. The van der Waals surface area contributed by atoms with Crippen LogP contribution >= 0.6 is 0 Å². The summed E-state index contributed by atoms with van der Waals surface area (Å²) in [6.45, 7) is 9.24. The van der Waals surface area contributed by atoms with Gasteiger partial charge in [-0.15, -0.1) is 0 Å². The molecule has 0 saturated carbocycles. The van der Waals surface area contributed by atoms with Crippen molar-refractivity contribution in [3.05, 3.63) is 58.7 Å². The normalized spacial score (nSPS) is 10.6. The Bertz CT molecular complexity index is 665. The highest BCUT2D eigenvalue weighted by atomic mass is 16.2. The highest BCUT2D eigenvalue weighted by Crippen LogP contribution is 2.29. The summed E-state index contributed by atoms with van der Waals surface area (Å²) in [4.78, 5) is 14.3. The van der Waals surface area contributed by atoms with Crippen molar-refractivity contribution in [3.8, 4) is 11.1 Å². The quantitative estimate of drug-likeness (QED) is 0.796. The molecule has 0 radical (unpaired) electrons. The molecule has 0 heterocycles. The van der Waals surface area contributed by atoms with Crippen LogP contribution in [0.15, 0.2) is 36.4 Å². The van der Waals surface area contributed by atoms with Gasteiger partial charge in [0.1, 0.15) is 0 Å². The minimum Gasteiger partial charge on any atom is -0.342 e. The standard InChI is InChI=1S/C20H25NO/c1-6-10-21(5)20(22)18-9-7-8-17(13-18)19-15(3)11-14(2)12-16(19)4/h7-9,11-13H,6,10H2,1-5H3. The lowest BCUT2D eigenvalue weighted by atomic mass is 9.93. The van der Waals surface area contributed by atoms with Gasteiger partial charge in [-0.1, -0.05) is 36.8 Å². The zero-order chi connectivity index (χ0) is 16.3.